The molecule has 0 saturated heterocycles. The fourth-order valence-corrected chi connectivity index (χ4v) is 3.74. The smallest absolute Gasteiger partial charge is 0.355 e. The van der Waals surface area contributed by atoms with E-state index in [1.807, 2.05) is 41.5 Å². The number of halogens is 2. The molecule has 0 aliphatic carbocycles. The number of benzene rings is 2. The van der Waals surface area contributed by atoms with Gasteiger partial charge in [0.15, 0.2) is 5.78 Å². The van der Waals surface area contributed by atoms with Crippen molar-refractivity contribution in [2.75, 3.05) is 6.54 Å². The van der Waals surface area contributed by atoms with Gasteiger partial charge >= 0.3 is 6.05 Å². The van der Waals surface area contributed by atoms with Crippen LogP contribution in [0.25, 0.3) is 0 Å². The molecule has 1 heterocycles. The Labute approximate surface area is 176 Å². The van der Waals surface area contributed by atoms with Gasteiger partial charge in [-0.1, -0.05) is 65.8 Å². The van der Waals surface area contributed by atoms with Gasteiger partial charge in [0.05, 0.1) is 12.1 Å². The van der Waals surface area contributed by atoms with E-state index >= 15 is 0 Å². The molecule has 0 spiro atoms. The van der Waals surface area contributed by atoms with Crippen LogP contribution in [0.15, 0.2) is 36.4 Å². The molecular weight excluding hydrogens is 386 g/mol. The lowest BCUT2D eigenvalue weighted by Gasteiger charge is -2.29. The van der Waals surface area contributed by atoms with Gasteiger partial charge < -0.3 is 5.11 Å². The van der Waals surface area contributed by atoms with Crippen LogP contribution < -0.4 is 0 Å². The van der Waals surface area contributed by atoms with Gasteiger partial charge in [-0.3, -0.25) is 15.1 Å². The number of carbonyl (C=O) groups excluding carboxylic acids is 1. The summed E-state index contributed by atoms with van der Waals surface area (Å²) in [6.07, 6.45) is 0. The first-order valence-electron chi connectivity index (χ1n) is 9.90. The molecule has 160 valence electrons. The molecule has 2 aromatic carbocycles. The second-order valence-corrected chi connectivity index (χ2v) is 9.86. The summed E-state index contributed by atoms with van der Waals surface area (Å²) in [4.78, 5) is 13.6. The summed E-state index contributed by atoms with van der Waals surface area (Å²) < 4.78 is 29.8. The van der Waals surface area contributed by atoms with Crippen LogP contribution in [-0.4, -0.2) is 28.2 Å². The zero-order valence-corrected chi connectivity index (χ0v) is 18.2. The number of phenolic OH excluding ortho intramolecular Hbond substituents is 1. The second kappa shape index (κ2) is 6.89. The minimum absolute atomic E-state index is 0.123. The normalized spacial score (nSPS) is 16.0. The zero-order valence-electron chi connectivity index (χ0n) is 18.2. The van der Waals surface area contributed by atoms with E-state index in [0.717, 1.165) is 0 Å². The quantitative estimate of drug-likeness (QED) is 0.510. The van der Waals surface area contributed by atoms with Gasteiger partial charge in [0.25, 0.3) is 0 Å². The molecule has 0 bridgehead atoms. The first-order chi connectivity index (χ1) is 13.7. The second-order valence-electron chi connectivity index (χ2n) is 9.86. The van der Waals surface area contributed by atoms with Crippen LogP contribution >= 0.6 is 0 Å². The third kappa shape index (κ3) is 3.59. The Kier molecular flexibility index (Phi) is 5.04. The Morgan fingerprint density at radius 1 is 1.03 bits per heavy atom. The molecule has 30 heavy (non-hydrogen) atoms. The van der Waals surface area contributed by atoms with Crippen molar-refractivity contribution in [3.63, 3.8) is 0 Å². The number of aromatic hydroxyl groups is 1. The molecule has 0 saturated carbocycles. The number of hydrogen-bond donors (Lipinski definition) is 2. The Morgan fingerprint density at radius 2 is 1.53 bits per heavy atom. The summed E-state index contributed by atoms with van der Waals surface area (Å²) in [5.41, 5.74) is 0.407. The largest absolute Gasteiger partial charge is 0.507 e. The van der Waals surface area contributed by atoms with Crippen LogP contribution in [0.5, 0.6) is 5.75 Å². The number of amidine groups is 1. The van der Waals surface area contributed by atoms with Crippen LogP contribution in [-0.2, 0) is 16.9 Å². The Balaban J connectivity index is 2.03. The highest BCUT2D eigenvalue weighted by atomic mass is 19.3. The molecule has 0 fully saturated rings. The lowest BCUT2D eigenvalue weighted by molar-refractivity contribution is -0.106. The number of rotatable bonds is 3. The van der Waals surface area contributed by atoms with Gasteiger partial charge in [-0.15, -0.1) is 0 Å². The van der Waals surface area contributed by atoms with Crippen molar-refractivity contribution in [2.45, 2.75) is 58.4 Å². The molecule has 4 nitrogen and oxygen atoms in total. The van der Waals surface area contributed by atoms with Crippen LogP contribution in [0.3, 0.4) is 0 Å². The number of hydrogen-bond acceptors (Lipinski definition) is 3. The molecule has 0 aromatic heterocycles. The third-order valence-corrected chi connectivity index (χ3v) is 5.46. The predicted octanol–water partition coefficient (Wildman–Crippen LogP) is 5.56. The SMILES string of the molecule is CC(C)(C)c1cc(C(=O)CN2C(=N)c3ccccc3C2(F)F)cc(C(C)(C)C)c1O. The molecule has 3 rings (SSSR count). The monoisotopic (exact) mass is 414 g/mol. The highest BCUT2D eigenvalue weighted by molar-refractivity contribution is 6.06. The molecular formula is C24H28F2N2O2. The minimum Gasteiger partial charge on any atom is -0.507 e. The molecule has 1 aliphatic rings. The standard InChI is InChI=1S/C24H28F2N2O2/c1-22(2,3)17-11-14(12-18(20(17)30)23(4,5)6)19(29)13-28-21(27)15-9-7-8-10-16(15)24(28,25)26/h7-12,27,30H,13H2,1-6H3. The Bertz CT molecular complexity index is 995. The summed E-state index contributed by atoms with van der Waals surface area (Å²) in [5.74, 6) is -0.767. The van der Waals surface area contributed by atoms with Gasteiger partial charge in [0, 0.05) is 22.3 Å². The average molecular weight is 414 g/mol. The van der Waals surface area contributed by atoms with Crippen molar-refractivity contribution in [3.8, 4) is 5.75 Å². The van der Waals surface area contributed by atoms with E-state index in [1.54, 1.807) is 18.2 Å². The maximum absolute atomic E-state index is 14.9. The van der Waals surface area contributed by atoms with Crippen molar-refractivity contribution in [2.24, 2.45) is 0 Å². The fraction of sp³-hybridized carbons (Fsp3) is 0.417. The molecule has 2 N–H and O–H groups in total. The van der Waals surface area contributed by atoms with E-state index in [0.29, 0.717) is 16.0 Å². The van der Waals surface area contributed by atoms with Gasteiger partial charge in [0.1, 0.15) is 11.6 Å². The highest BCUT2D eigenvalue weighted by Gasteiger charge is 2.50. The number of nitrogens with one attached hydrogen (secondary N) is 1. The van der Waals surface area contributed by atoms with E-state index in [-0.39, 0.29) is 28.3 Å². The van der Waals surface area contributed by atoms with E-state index in [1.165, 1.54) is 18.2 Å². The number of fused-ring (bicyclic) bond motifs is 1. The number of ketones is 1. The molecule has 6 heteroatoms. The van der Waals surface area contributed by atoms with Crippen LogP contribution in [0.1, 0.15) is 74.2 Å². The number of carbonyl (C=O) groups is 1. The van der Waals surface area contributed by atoms with Gasteiger partial charge in [-0.2, -0.15) is 8.78 Å². The van der Waals surface area contributed by atoms with Crippen LogP contribution in [0, 0.1) is 5.41 Å². The minimum atomic E-state index is -3.43. The lowest BCUT2D eigenvalue weighted by Crippen LogP contribution is -2.40. The van der Waals surface area contributed by atoms with Crippen molar-refractivity contribution < 1.29 is 18.7 Å². The fourth-order valence-electron chi connectivity index (χ4n) is 3.74. The summed E-state index contributed by atoms with van der Waals surface area (Å²) in [7, 11) is 0. The van der Waals surface area contributed by atoms with E-state index < -0.39 is 29.2 Å². The van der Waals surface area contributed by atoms with Crippen molar-refractivity contribution in [3.05, 3.63) is 64.2 Å². The lowest BCUT2D eigenvalue weighted by atomic mass is 9.78. The first-order valence-corrected chi connectivity index (χ1v) is 9.90. The van der Waals surface area contributed by atoms with Crippen LogP contribution in [0.2, 0.25) is 0 Å². The van der Waals surface area contributed by atoms with Gasteiger partial charge in [0.2, 0.25) is 0 Å². The van der Waals surface area contributed by atoms with E-state index in [9.17, 15) is 18.7 Å². The summed E-state index contributed by atoms with van der Waals surface area (Å²) in [5, 5.41) is 19.0. The molecule has 2 aromatic rings. The first kappa shape index (κ1) is 21.9. The molecule has 0 atom stereocenters. The van der Waals surface area contributed by atoms with Crippen molar-refractivity contribution in [1.29, 1.82) is 5.41 Å². The van der Waals surface area contributed by atoms with Gasteiger partial charge in [-0.25, -0.2) is 0 Å². The molecule has 1 aliphatic heterocycles. The van der Waals surface area contributed by atoms with E-state index in [2.05, 4.69) is 0 Å². The summed E-state index contributed by atoms with van der Waals surface area (Å²) in [6, 6.07) is 5.57. The van der Waals surface area contributed by atoms with Crippen LogP contribution in [0.4, 0.5) is 8.78 Å². The van der Waals surface area contributed by atoms with Crippen molar-refractivity contribution in [1.82, 2.24) is 4.90 Å². The van der Waals surface area contributed by atoms with E-state index in [4.69, 9.17) is 5.41 Å². The average Bonchev–Trinajstić information content (AvgIpc) is 2.81. The Morgan fingerprint density at radius 3 is 2.00 bits per heavy atom. The molecule has 0 unspecified atom stereocenters. The number of phenols is 1. The number of Topliss-reactive ketones (excluding diaryl/α,β-unsaturated/α-hetero) is 1. The number of alkyl halides is 2. The third-order valence-electron chi connectivity index (χ3n) is 5.46. The maximum Gasteiger partial charge on any atom is 0.355 e. The Hall–Kier alpha value is -2.76. The number of nitrogens with zero attached hydrogens (tertiary/aromatic N) is 1. The maximum atomic E-state index is 14.9. The van der Waals surface area contributed by atoms with Gasteiger partial charge in [-0.05, 0) is 23.0 Å². The van der Waals surface area contributed by atoms with Crippen molar-refractivity contribution >= 4 is 11.6 Å². The predicted molar refractivity (Wildman–Crippen MR) is 114 cm³/mol. The summed E-state index contributed by atoms with van der Waals surface area (Å²) >= 11 is 0. The zero-order chi connectivity index (χ0) is 22.6. The summed E-state index contributed by atoms with van der Waals surface area (Å²) in [6.45, 7) is 10.9. The highest BCUT2D eigenvalue weighted by Crippen LogP contribution is 2.43. The molecule has 0 radical (unpaired) electrons. The topological polar surface area (TPSA) is 64.4 Å². The molecule has 0 amide bonds.